The molecule has 0 unspecified atom stereocenters. The van der Waals surface area contributed by atoms with Crippen LogP contribution in [0.5, 0.6) is 11.5 Å². The zero-order valence-electron chi connectivity index (χ0n) is 17.9. The molecule has 0 atom stereocenters. The average molecular weight is 430 g/mol. The summed E-state index contributed by atoms with van der Waals surface area (Å²) in [6.07, 6.45) is 2.01. The Morgan fingerprint density at radius 3 is 2.56 bits per heavy atom. The molecule has 1 amide bonds. The lowest BCUT2D eigenvalue weighted by Crippen LogP contribution is -2.13. The quantitative estimate of drug-likeness (QED) is 0.385. The summed E-state index contributed by atoms with van der Waals surface area (Å²) in [4.78, 5) is 12.6. The molecule has 3 aromatic rings. The molecule has 0 aromatic heterocycles. The highest BCUT2D eigenvalue weighted by atomic mass is 19.1. The Bertz CT molecular complexity index is 1160. The fraction of sp³-hybridized carbons (Fsp3) is 0.154. The van der Waals surface area contributed by atoms with E-state index in [1.807, 2.05) is 25.1 Å². The van der Waals surface area contributed by atoms with E-state index in [4.69, 9.17) is 9.47 Å². The van der Waals surface area contributed by atoms with Gasteiger partial charge < -0.3 is 14.8 Å². The summed E-state index contributed by atoms with van der Waals surface area (Å²) in [5.74, 6) is 0.486. The Hall–Kier alpha value is -4.11. The molecule has 6 heteroatoms. The second kappa shape index (κ2) is 10.8. The highest BCUT2D eigenvalue weighted by Crippen LogP contribution is 2.25. The van der Waals surface area contributed by atoms with Gasteiger partial charge in [0.25, 0.3) is 5.91 Å². The molecule has 3 rings (SSSR count). The van der Waals surface area contributed by atoms with E-state index in [1.165, 1.54) is 18.2 Å². The van der Waals surface area contributed by atoms with Crippen molar-refractivity contribution in [1.29, 1.82) is 5.26 Å². The maximum absolute atomic E-state index is 13.5. The van der Waals surface area contributed by atoms with Crippen LogP contribution in [-0.2, 0) is 11.2 Å². The van der Waals surface area contributed by atoms with Gasteiger partial charge in [0.05, 0.1) is 13.7 Å². The molecule has 0 saturated heterocycles. The number of halogens is 1. The number of carbonyl (C=O) groups is 1. The molecule has 3 aromatic carbocycles. The Balaban J connectivity index is 1.82. The molecule has 0 fully saturated rings. The third-order valence-corrected chi connectivity index (χ3v) is 4.70. The lowest BCUT2D eigenvalue weighted by Gasteiger charge is -2.12. The minimum atomic E-state index is -0.514. The standard InChI is InChI=1S/C26H23FN2O3/c1-3-32-25-16-19(7-8-20(25)13-18-5-4-6-22(27)15-18)14-21(17-28)26(30)29-23-9-11-24(31-2)12-10-23/h4-12,14-16H,3,13H2,1-2H3,(H,29,30)/b21-14+. The average Bonchev–Trinajstić information content (AvgIpc) is 2.79. The lowest BCUT2D eigenvalue weighted by molar-refractivity contribution is -0.112. The van der Waals surface area contributed by atoms with Crippen molar-refractivity contribution < 1.29 is 18.7 Å². The lowest BCUT2D eigenvalue weighted by atomic mass is 10.0. The zero-order valence-corrected chi connectivity index (χ0v) is 17.9. The van der Waals surface area contributed by atoms with Crippen molar-refractivity contribution in [2.24, 2.45) is 0 Å². The van der Waals surface area contributed by atoms with E-state index in [0.717, 1.165) is 11.1 Å². The number of benzene rings is 3. The number of methoxy groups -OCH3 is 1. The molecule has 0 aliphatic heterocycles. The molecular formula is C26H23FN2O3. The Morgan fingerprint density at radius 1 is 1.12 bits per heavy atom. The first-order valence-electron chi connectivity index (χ1n) is 10.1. The van der Waals surface area contributed by atoms with Gasteiger partial charge in [0.1, 0.15) is 29.0 Å². The van der Waals surface area contributed by atoms with Crippen LogP contribution in [0, 0.1) is 17.1 Å². The number of nitrogens with one attached hydrogen (secondary N) is 1. The number of hydrogen-bond acceptors (Lipinski definition) is 4. The van der Waals surface area contributed by atoms with Crippen LogP contribution >= 0.6 is 0 Å². The number of ether oxygens (including phenoxy) is 2. The van der Waals surface area contributed by atoms with Crippen molar-refractivity contribution in [3.8, 4) is 17.6 Å². The van der Waals surface area contributed by atoms with Crippen LogP contribution < -0.4 is 14.8 Å². The predicted octanol–water partition coefficient (Wildman–Crippen LogP) is 5.37. The third kappa shape index (κ3) is 5.96. The maximum atomic E-state index is 13.5. The fourth-order valence-electron chi connectivity index (χ4n) is 3.15. The van der Waals surface area contributed by atoms with Crippen molar-refractivity contribution >= 4 is 17.7 Å². The number of carbonyl (C=O) groups excluding carboxylic acids is 1. The number of anilines is 1. The Kier molecular flexibility index (Phi) is 7.60. The van der Waals surface area contributed by atoms with Crippen LogP contribution in [0.2, 0.25) is 0 Å². The summed E-state index contributed by atoms with van der Waals surface area (Å²) in [6.45, 7) is 2.32. The molecule has 162 valence electrons. The molecule has 0 spiro atoms. The number of nitriles is 1. The van der Waals surface area contributed by atoms with Gasteiger partial charge in [-0.2, -0.15) is 5.26 Å². The molecule has 32 heavy (non-hydrogen) atoms. The molecule has 1 N–H and O–H groups in total. The van der Waals surface area contributed by atoms with Gasteiger partial charge in [-0.25, -0.2) is 4.39 Å². The molecular weight excluding hydrogens is 407 g/mol. The topological polar surface area (TPSA) is 71.3 Å². The summed E-state index contributed by atoms with van der Waals surface area (Å²) in [5.41, 5.74) is 2.87. The number of rotatable bonds is 8. The summed E-state index contributed by atoms with van der Waals surface area (Å²) in [7, 11) is 1.56. The largest absolute Gasteiger partial charge is 0.497 e. The van der Waals surface area contributed by atoms with E-state index in [-0.39, 0.29) is 11.4 Å². The summed E-state index contributed by atoms with van der Waals surface area (Å²) >= 11 is 0. The summed E-state index contributed by atoms with van der Waals surface area (Å²) in [5, 5.41) is 12.2. The molecule has 0 aliphatic rings. The van der Waals surface area contributed by atoms with E-state index < -0.39 is 5.91 Å². The minimum absolute atomic E-state index is 0.0406. The molecule has 0 heterocycles. The van der Waals surface area contributed by atoms with Crippen molar-refractivity contribution in [3.05, 3.63) is 94.8 Å². The molecule has 0 saturated carbocycles. The highest BCUT2D eigenvalue weighted by Gasteiger charge is 2.12. The summed E-state index contributed by atoms with van der Waals surface area (Å²) in [6, 6.07) is 20.6. The zero-order chi connectivity index (χ0) is 22.9. The predicted molar refractivity (Wildman–Crippen MR) is 122 cm³/mol. The van der Waals surface area contributed by atoms with Gasteiger partial charge in [-0.3, -0.25) is 4.79 Å². The van der Waals surface area contributed by atoms with Gasteiger partial charge in [-0.15, -0.1) is 0 Å². The van der Waals surface area contributed by atoms with Gasteiger partial charge in [0.2, 0.25) is 0 Å². The second-order valence-electron chi connectivity index (χ2n) is 6.96. The van der Waals surface area contributed by atoms with Crippen LogP contribution in [-0.4, -0.2) is 19.6 Å². The Labute approximate surface area is 186 Å². The van der Waals surface area contributed by atoms with Gasteiger partial charge in [0, 0.05) is 12.1 Å². The van der Waals surface area contributed by atoms with Crippen LogP contribution in [0.15, 0.2) is 72.3 Å². The first-order chi connectivity index (χ1) is 15.5. The smallest absolute Gasteiger partial charge is 0.266 e. The summed E-state index contributed by atoms with van der Waals surface area (Å²) < 4.78 is 24.4. The van der Waals surface area contributed by atoms with E-state index in [2.05, 4.69) is 5.32 Å². The molecule has 0 bridgehead atoms. The van der Waals surface area contributed by atoms with Gasteiger partial charge >= 0.3 is 0 Å². The normalized spacial score (nSPS) is 10.9. The van der Waals surface area contributed by atoms with Crippen molar-refractivity contribution in [2.75, 3.05) is 19.0 Å². The van der Waals surface area contributed by atoms with Gasteiger partial charge in [-0.1, -0.05) is 24.3 Å². The second-order valence-corrected chi connectivity index (χ2v) is 6.96. The first kappa shape index (κ1) is 22.6. The fourth-order valence-corrected chi connectivity index (χ4v) is 3.15. The molecule has 0 radical (unpaired) electrons. The van der Waals surface area contributed by atoms with Crippen molar-refractivity contribution in [1.82, 2.24) is 0 Å². The minimum Gasteiger partial charge on any atom is -0.497 e. The number of nitrogens with zero attached hydrogens (tertiary/aromatic N) is 1. The SMILES string of the molecule is CCOc1cc(/C=C(\C#N)C(=O)Nc2ccc(OC)cc2)ccc1Cc1cccc(F)c1. The first-order valence-corrected chi connectivity index (χ1v) is 10.1. The van der Waals surface area contributed by atoms with E-state index in [9.17, 15) is 14.4 Å². The number of amides is 1. The number of hydrogen-bond donors (Lipinski definition) is 1. The highest BCUT2D eigenvalue weighted by molar-refractivity contribution is 6.09. The third-order valence-electron chi connectivity index (χ3n) is 4.70. The van der Waals surface area contributed by atoms with Crippen LogP contribution in [0.1, 0.15) is 23.6 Å². The van der Waals surface area contributed by atoms with Crippen LogP contribution in [0.3, 0.4) is 0 Å². The van der Waals surface area contributed by atoms with Crippen LogP contribution in [0.4, 0.5) is 10.1 Å². The van der Waals surface area contributed by atoms with Crippen molar-refractivity contribution in [3.63, 3.8) is 0 Å². The van der Waals surface area contributed by atoms with Gasteiger partial charge in [-0.05, 0) is 72.2 Å². The van der Waals surface area contributed by atoms with E-state index >= 15 is 0 Å². The Morgan fingerprint density at radius 2 is 1.91 bits per heavy atom. The maximum Gasteiger partial charge on any atom is 0.266 e. The van der Waals surface area contributed by atoms with Crippen molar-refractivity contribution in [2.45, 2.75) is 13.3 Å². The monoisotopic (exact) mass is 430 g/mol. The molecule has 0 aliphatic carbocycles. The molecule has 5 nitrogen and oxygen atoms in total. The van der Waals surface area contributed by atoms with E-state index in [0.29, 0.717) is 35.8 Å². The van der Waals surface area contributed by atoms with Crippen LogP contribution in [0.25, 0.3) is 6.08 Å². The van der Waals surface area contributed by atoms with Gasteiger partial charge in [0.15, 0.2) is 0 Å². The van der Waals surface area contributed by atoms with E-state index in [1.54, 1.807) is 49.6 Å².